The molecule has 3 rings (SSSR count). The minimum atomic E-state index is 0.127. The lowest BCUT2D eigenvalue weighted by molar-refractivity contribution is 0.550. The van der Waals surface area contributed by atoms with Crippen LogP contribution in [0.2, 0.25) is 0 Å². The van der Waals surface area contributed by atoms with Gasteiger partial charge in [0.05, 0.1) is 22.8 Å². The SMILES string of the molecule is C=C(NC(CCC)c1ccccc1)/C(C#N)=C/c1ccc2cccc(C)c2n1. The molecule has 0 aliphatic heterocycles. The summed E-state index contributed by atoms with van der Waals surface area (Å²) in [6.07, 6.45) is 3.81. The maximum absolute atomic E-state index is 9.69. The van der Waals surface area contributed by atoms with E-state index in [1.807, 2.05) is 55.5 Å². The summed E-state index contributed by atoms with van der Waals surface area (Å²) in [5, 5.41) is 14.2. The molecule has 0 radical (unpaired) electrons. The second-order valence-corrected chi connectivity index (χ2v) is 6.93. The zero-order valence-electron chi connectivity index (χ0n) is 16.4. The molecular weight excluding hydrogens is 342 g/mol. The summed E-state index contributed by atoms with van der Waals surface area (Å²) < 4.78 is 0. The number of nitrogens with one attached hydrogen (secondary N) is 1. The molecule has 3 nitrogen and oxygen atoms in total. The standard InChI is InChI=1S/C25H25N3/c1-4-9-24(20-11-6-5-7-12-20)27-19(3)22(17-26)16-23-15-14-21-13-8-10-18(2)25(21)28-23/h5-8,10-16,24,27H,3-4,9H2,1-2H3/b22-16+. The molecule has 140 valence electrons. The van der Waals surface area contributed by atoms with Crippen LogP contribution in [0.25, 0.3) is 17.0 Å². The number of pyridine rings is 1. The molecular formula is C25H25N3. The molecule has 0 saturated carbocycles. The molecule has 0 spiro atoms. The first kappa shape index (κ1) is 19.4. The summed E-state index contributed by atoms with van der Waals surface area (Å²) in [6, 6.07) is 22.8. The molecule has 0 saturated heterocycles. The first-order chi connectivity index (χ1) is 13.6. The van der Waals surface area contributed by atoms with E-state index >= 15 is 0 Å². The largest absolute Gasteiger partial charge is 0.378 e. The van der Waals surface area contributed by atoms with Crippen LogP contribution < -0.4 is 5.32 Å². The van der Waals surface area contributed by atoms with Gasteiger partial charge in [-0.3, -0.25) is 0 Å². The fraction of sp³-hybridized carbons (Fsp3) is 0.200. The Morgan fingerprint density at radius 2 is 1.93 bits per heavy atom. The van der Waals surface area contributed by atoms with Crippen LogP contribution in [-0.2, 0) is 0 Å². The zero-order valence-corrected chi connectivity index (χ0v) is 16.4. The number of aromatic nitrogens is 1. The van der Waals surface area contributed by atoms with E-state index < -0.39 is 0 Å². The molecule has 2 aromatic carbocycles. The predicted molar refractivity (Wildman–Crippen MR) is 116 cm³/mol. The molecule has 0 bridgehead atoms. The summed E-state index contributed by atoms with van der Waals surface area (Å²) >= 11 is 0. The van der Waals surface area contributed by atoms with Crippen molar-refractivity contribution in [1.82, 2.24) is 10.3 Å². The molecule has 3 aromatic rings. The number of nitrogens with zero attached hydrogens (tertiary/aromatic N) is 2. The van der Waals surface area contributed by atoms with E-state index in [0.717, 1.165) is 35.0 Å². The lowest BCUT2D eigenvalue weighted by atomic mass is 10.0. The Bertz CT molecular complexity index is 1040. The van der Waals surface area contributed by atoms with Gasteiger partial charge >= 0.3 is 0 Å². The first-order valence-electron chi connectivity index (χ1n) is 9.61. The summed E-state index contributed by atoms with van der Waals surface area (Å²) in [7, 11) is 0. The number of rotatable bonds is 7. The molecule has 1 aromatic heterocycles. The molecule has 0 fully saturated rings. The van der Waals surface area contributed by atoms with E-state index in [4.69, 9.17) is 4.98 Å². The van der Waals surface area contributed by atoms with Crippen molar-refractivity contribution in [3.63, 3.8) is 0 Å². The van der Waals surface area contributed by atoms with Crippen LogP contribution in [0.3, 0.4) is 0 Å². The molecule has 0 aliphatic carbocycles. The van der Waals surface area contributed by atoms with Crippen molar-refractivity contribution in [1.29, 1.82) is 5.26 Å². The Morgan fingerprint density at radius 1 is 1.14 bits per heavy atom. The number of para-hydroxylation sites is 1. The molecule has 0 amide bonds. The van der Waals surface area contributed by atoms with Crippen LogP contribution in [0, 0.1) is 18.3 Å². The van der Waals surface area contributed by atoms with Crippen LogP contribution in [0.5, 0.6) is 0 Å². The lowest BCUT2D eigenvalue weighted by Gasteiger charge is -2.21. The molecule has 28 heavy (non-hydrogen) atoms. The fourth-order valence-corrected chi connectivity index (χ4v) is 3.31. The van der Waals surface area contributed by atoms with Crippen LogP contribution >= 0.6 is 0 Å². The van der Waals surface area contributed by atoms with Gasteiger partial charge in [0.25, 0.3) is 0 Å². The highest BCUT2D eigenvalue weighted by atomic mass is 14.9. The van der Waals surface area contributed by atoms with Crippen LogP contribution in [0.1, 0.15) is 42.6 Å². The van der Waals surface area contributed by atoms with Crippen molar-refractivity contribution >= 4 is 17.0 Å². The van der Waals surface area contributed by atoms with Crippen molar-refractivity contribution in [3.8, 4) is 6.07 Å². The van der Waals surface area contributed by atoms with Gasteiger partial charge in [0.15, 0.2) is 0 Å². The Labute approximate surface area is 167 Å². The van der Waals surface area contributed by atoms with Crippen molar-refractivity contribution in [2.24, 2.45) is 0 Å². The van der Waals surface area contributed by atoms with Gasteiger partial charge in [-0.25, -0.2) is 4.98 Å². The number of hydrogen-bond acceptors (Lipinski definition) is 3. The number of allylic oxidation sites excluding steroid dienone is 1. The van der Waals surface area contributed by atoms with Gasteiger partial charge in [0, 0.05) is 11.1 Å². The van der Waals surface area contributed by atoms with Gasteiger partial charge in [-0.2, -0.15) is 5.26 Å². The minimum Gasteiger partial charge on any atom is -0.378 e. The minimum absolute atomic E-state index is 0.127. The highest BCUT2D eigenvalue weighted by molar-refractivity contribution is 5.83. The Balaban J connectivity index is 1.86. The molecule has 1 atom stereocenters. The van der Waals surface area contributed by atoms with Gasteiger partial charge < -0.3 is 5.32 Å². The third-order valence-electron chi connectivity index (χ3n) is 4.81. The highest BCUT2D eigenvalue weighted by Crippen LogP contribution is 2.23. The van der Waals surface area contributed by atoms with Gasteiger partial charge in [-0.05, 0) is 36.6 Å². The maximum Gasteiger partial charge on any atom is 0.101 e. The monoisotopic (exact) mass is 367 g/mol. The smallest absolute Gasteiger partial charge is 0.101 e. The molecule has 0 aliphatic rings. The van der Waals surface area contributed by atoms with Gasteiger partial charge in [-0.1, -0.05) is 74.5 Å². The normalized spacial score (nSPS) is 12.4. The molecule has 1 heterocycles. The van der Waals surface area contributed by atoms with E-state index in [-0.39, 0.29) is 6.04 Å². The van der Waals surface area contributed by atoms with Crippen molar-refractivity contribution in [3.05, 3.63) is 95.3 Å². The average molecular weight is 367 g/mol. The van der Waals surface area contributed by atoms with Crippen molar-refractivity contribution in [2.45, 2.75) is 32.7 Å². The summed E-state index contributed by atoms with van der Waals surface area (Å²) in [5.41, 5.74) is 5.15. The highest BCUT2D eigenvalue weighted by Gasteiger charge is 2.13. The number of aryl methyl sites for hydroxylation is 1. The third kappa shape index (κ3) is 4.47. The second kappa shape index (κ2) is 9.01. The topological polar surface area (TPSA) is 48.7 Å². The van der Waals surface area contributed by atoms with Gasteiger partial charge in [-0.15, -0.1) is 0 Å². The molecule has 1 N–H and O–H groups in total. The van der Waals surface area contributed by atoms with Gasteiger partial charge in [0.1, 0.15) is 6.07 Å². The number of benzene rings is 2. The maximum atomic E-state index is 9.69. The first-order valence-corrected chi connectivity index (χ1v) is 9.61. The molecule has 3 heteroatoms. The van der Waals surface area contributed by atoms with Crippen molar-refractivity contribution < 1.29 is 0 Å². The zero-order chi connectivity index (χ0) is 19.9. The van der Waals surface area contributed by atoms with Crippen molar-refractivity contribution in [2.75, 3.05) is 0 Å². The summed E-state index contributed by atoms with van der Waals surface area (Å²) in [5.74, 6) is 0. The van der Waals surface area contributed by atoms with Crippen LogP contribution in [0.4, 0.5) is 0 Å². The average Bonchev–Trinajstić information content (AvgIpc) is 2.72. The quantitative estimate of drug-likeness (QED) is 0.406. The third-order valence-corrected chi connectivity index (χ3v) is 4.81. The second-order valence-electron chi connectivity index (χ2n) is 6.93. The number of nitriles is 1. The summed E-state index contributed by atoms with van der Waals surface area (Å²) in [6.45, 7) is 8.32. The Hall–Kier alpha value is -3.38. The molecule has 1 unspecified atom stereocenters. The van der Waals surface area contributed by atoms with Gasteiger partial charge in [0.2, 0.25) is 0 Å². The van der Waals surface area contributed by atoms with Crippen LogP contribution in [-0.4, -0.2) is 4.98 Å². The fourth-order valence-electron chi connectivity index (χ4n) is 3.31. The van der Waals surface area contributed by atoms with E-state index in [1.54, 1.807) is 6.08 Å². The number of fused-ring (bicyclic) bond motifs is 1. The predicted octanol–water partition coefficient (Wildman–Crippen LogP) is 6.09. The number of hydrogen-bond donors (Lipinski definition) is 1. The van der Waals surface area contributed by atoms with E-state index in [9.17, 15) is 5.26 Å². The van der Waals surface area contributed by atoms with E-state index in [1.165, 1.54) is 5.56 Å². The van der Waals surface area contributed by atoms with E-state index in [2.05, 4.69) is 37.0 Å². The summed E-state index contributed by atoms with van der Waals surface area (Å²) in [4.78, 5) is 4.72. The Morgan fingerprint density at radius 3 is 2.64 bits per heavy atom. The van der Waals surface area contributed by atoms with E-state index in [0.29, 0.717) is 11.3 Å². The van der Waals surface area contributed by atoms with Crippen LogP contribution in [0.15, 0.2) is 78.5 Å². The lowest BCUT2D eigenvalue weighted by Crippen LogP contribution is -2.21. The Kier molecular flexibility index (Phi) is 6.24.